The number of rotatable bonds is 8. The Labute approximate surface area is 170 Å². The number of carbonyl (C=O) groups excluding carboxylic acids is 1. The van der Waals surface area contributed by atoms with Crippen molar-refractivity contribution in [1.82, 2.24) is 19.9 Å². The van der Waals surface area contributed by atoms with E-state index in [1.807, 2.05) is 65.7 Å². The lowest BCUT2D eigenvalue weighted by Crippen LogP contribution is -2.31. The highest BCUT2D eigenvalue weighted by Gasteiger charge is 2.31. The number of hydrogen-bond acceptors (Lipinski definition) is 4. The van der Waals surface area contributed by atoms with Crippen LogP contribution in [0.25, 0.3) is 6.08 Å². The molecule has 6 heteroatoms. The molecule has 4 rings (SSSR count). The van der Waals surface area contributed by atoms with E-state index in [4.69, 9.17) is 4.74 Å². The zero-order valence-electron chi connectivity index (χ0n) is 16.4. The zero-order chi connectivity index (χ0) is 20.1. The fourth-order valence-corrected chi connectivity index (χ4v) is 3.19. The number of hydrogen-bond donors (Lipinski definition) is 0. The molecule has 6 nitrogen and oxygen atoms in total. The summed E-state index contributed by atoms with van der Waals surface area (Å²) in [5.74, 6) is 0.817. The van der Waals surface area contributed by atoms with Crippen molar-refractivity contribution in [2.75, 3.05) is 7.11 Å². The van der Waals surface area contributed by atoms with E-state index >= 15 is 0 Å². The Bertz CT molecular complexity index is 976. The average molecular weight is 388 g/mol. The molecule has 0 aliphatic heterocycles. The van der Waals surface area contributed by atoms with Crippen molar-refractivity contribution in [2.45, 2.75) is 32.0 Å². The number of amides is 1. The predicted octanol–water partition coefficient (Wildman–Crippen LogP) is 3.54. The first-order valence-electron chi connectivity index (χ1n) is 9.77. The first kappa shape index (κ1) is 18.9. The van der Waals surface area contributed by atoms with E-state index in [1.54, 1.807) is 23.9 Å². The first-order valence-corrected chi connectivity index (χ1v) is 9.77. The average Bonchev–Trinajstić information content (AvgIpc) is 3.51. The van der Waals surface area contributed by atoms with Gasteiger partial charge in [0.25, 0.3) is 0 Å². The van der Waals surface area contributed by atoms with E-state index in [-0.39, 0.29) is 5.91 Å². The number of nitrogens with zero attached hydrogens (tertiary/aromatic N) is 4. The molecule has 29 heavy (non-hydrogen) atoms. The molecule has 3 aromatic rings. The molecule has 148 valence electrons. The van der Waals surface area contributed by atoms with Gasteiger partial charge in [0.1, 0.15) is 11.4 Å². The Morgan fingerprint density at radius 3 is 2.59 bits per heavy atom. The second-order valence-electron chi connectivity index (χ2n) is 7.21. The number of benzene rings is 2. The number of aromatic nitrogens is 3. The van der Waals surface area contributed by atoms with Gasteiger partial charge in [-0.15, -0.1) is 5.10 Å². The molecule has 1 aromatic heterocycles. The standard InChI is InChI=1S/C23H24N4O2/c1-29-22-12-7-19(8-13-22)16-27(21-10-11-21)23(28)14-9-20-17-26(25-24-20)15-18-5-3-2-4-6-18/h2-9,12-14,17,21H,10-11,15-16H2,1H3/b14-9+. The topological polar surface area (TPSA) is 60.2 Å². The molecule has 1 fully saturated rings. The third-order valence-corrected chi connectivity index (χ3v) is 4.92. The third kappa shape index (κ3) is 5.10. The molecule has 2 aromatic carbocycles. The number of carbonyl (C=O) groups is 1. The van der Waals surface area contributed by atoms with Crippen LogP contribution in [-0.4, -0.2) is 39.0 Å². The van der Waals surface area contributed by atoms with E-state index < -0.39 is 0 Å². The summed E-state index contributed by atoms with van der Waals surface area (Å²) >= 11 is 0. The monoisotopic (exact) mass is 388 g/mol. The van der Waals surface area contributed by atoms with Crippen molar-refractivity contribution < 1.29 is 9.53 Å². The lowest BCUT2D eigenvalue weighted by atomic mass is 10.2. The van der Waals surface area contributed by atoms with Crippen molar-refractivity contribution in [3.8, 4) is 5.75 Å². The molecule has 0 N–H and O–H groups in total. The molecule has 0 bridgehead atoms. The van der Waals surface area contributed by atoms with Crippen LogP contribution in [0.15, 0.2) is 66.9 Å². The van der Waals surface area contributed by atoms with Crippen LogP contribution in [-0.2, 0) is 17.9 Å². The van der Waals surface area contributed by atoms with Gasteiger partial charge in [0.15, 0.2) is 0 Å². The van der Waals surface area contributed by atoms with Gasteiger partial charge in [-0.3, -0.25) is 4.79 Å². The summed E-state index contributed by atoms with van der Waals surface area (Å²) in [5, 5.41) is 8.29. The van der Waals surface area contributed by atoms with Crippen molar-refractivity contribution in [2.24, 2.45) is 0 Å². The molecule has 0 saturated heterocycles. The Kier molecular flexibility index (Phi) is 5.70. The van der Waals surface area contributed by atoms with Crippen LogP contribution in [0.1, 0.15) is 29.7 Å². The van der Waals surface area contributed by atoms with Crippen molar-refractivity contribution in [3.05, 3.63) is 83.7 Å². The summed E-state index contributed by atoms with van der Waals surface area (Å²) in [7, 11) is 1.65. The van der Waals surface area contributed by atoms with Gasteiger partial charge in [-0.25, -0.2) is 4.68 Å². The lowest BCUT2D eigenvalue weighted by Gasteiger charge is -2.21. The van der Waals surface area contributed by atoms with Crippen LogP contribution < -0.4 is 4.74 Å². The van der Waals surface area contributed by atoms with Gasteiger partial charge in [0.05, 0.1) is 19.9 Å². The maximum Gasteiger partial charge on any atom is 0.247 e. The smallest absolute Gasteiger partial charge is 0.247 e. The molecule has 0 radical (unpaired) electrons. The molecule has 1 aliphatic carbocycles. The van der Waals surface area contributed by atoms with E-state index in [1.165, 1.54) is 0 Å². The minimum Gasteiger partial charge on any atom is -0.497 e. The highest BCUT2D eigenvalue weighted by molar-refractivity contribution is 5.91. The quantitative estimate of drug-likeness (QED) is 0.554. The highest BCUT2D eigenvalue weighted by atomic mass is 16.5. The zero-order valence-corrected chi connectivity index (χ0v) is 16.4. The molecule has 0 spiro atoms. The molecule has 0 atom stereocenters. The molecule has 1 amide bonds. The molecular formula is C23H24N4O2. The normalized spacial score (nSPS) is 13.6. The number of methoxy groups -OCH3 is 1. The summed E-state index contributed by atoms with van der Waals surface area (Å²) in [6, 6.07) is 18.3. The summed E-state index contributed by atoms with van der Waals surface area (Å²) in [6.07, 6.45) is 7.30. The molecule has 1 aliphatic rings. The fraction of sp³-hybridized carbons (Fsp3) is 0.261. The van der Waals surface area contributed by atoms with Crippen LogP contribution in [0.4, 0.5) is 0 Å². The van der Waals surface area contributed by atoms with Gasteiger partial charge < -0.3 is 9.64 Å². The number of ether oxygens (including phenoxy) is 1. The molecule has 1 heterocycles. The second-order valence-corrected chi connectivity index (χ2v) is 7.21. The molecule has 1 saturated carbocycles. The SMILES string of the molecule is COc1ccc(CN(C(=O)/C=C/c2cn(Cc3ccccc3)nn2)C2CC2)cc1. The van der Waals surface area contributed by atoms with Crippen LogP contribution in [0, 0.1) is 0 Å². The minimum absolute atomic E-state index is 0.000859. The van der Waals surface area contributed by atoms with Crippen LogP contribution in [0.3, 0.4) is 0 Å². The maximum absolute atomic E-state index is 12.8. The minimum atomic E-state index is 0.000859. The molecular weight excluding hydrogens is 364 g/mol. The van der Waals surface area contributed by atoms with Gasteiger partial charge in [-0.1, -0.05) is 47.7 Å². The van der Waals surface area contributed by atoms with Gasteiger partial charge in [0, 0.05) is 18.7 Å². The second kappa shape index (κ2) is 8.73. The Balaban J connectivity index is 1.39. The molecule has 0 unspecified atom stereocenters. The maximum atomic E-state index is 12.8. The van der Waals surface area contributed by atoms with Gasteiger partial charge in [-0.05, 0) is 42.2 Å². The van der Waals surface area contributed by atoms with Crippen molar-refractivity contribution >= 4 is 12.0 Å². The van der Waals surface area contributed by atoms with Crippen LogP contribution >= 0.6 is 0 Å². The van der Waals surface area contributed by atoms with E-state index in [2.05, 4.69) is 10.3 Å². The summed E-state index contributed by atoms with van der Waals surface area (Å²) in [6.45, 7) is 1.25. The summed E-state index contributed by atoms with van der Waals surface area (Å²) in [5.41, 5.74) is 2.92. The summed E-state index contributed by atoms with van der Waals surface area (Å²) in [4.78, 5) is 14.7. The van der Waals surface area contributed by atoms with Gasteiger partial charge in [-0.2, -0.15) is 0 Å². The Hall–Kier alpha value is -3.41. The Morgan fingerprint density at radius 2 is 1.90 bits per heavy atom. The summed E-state index contributed by atoms with van der Waals surface area (Å²) < 4.78 is 6.98. The fourth-order valence-electron chi connectivity index (χ4n) is 3.19. The van der Waals surface area contributed by atoms with Gasteiger partial charge >= 0.3 is 0 Å². The van der Waals surface area contributed by atoms with Crippen LogP contribution in [0.5, 0.6) is 5.75 Å². The lowest BCUT2D eigenvalue weighted by molar-refractivity contribution is -0.127. The third-order valence-electron chi connectivity index (χ3n) is 4.92. The highest BCUT2D eigenvalue weighted by Crippen LogP contribution is 2.29. The van der Waals surface area contributed by atoms with Gasteiger partial charge in [0.2, 0.25) is 5.91 Å². The van der Waals surface area contributed by atoms with Crippen molar-refractivity contribution in [3.63, 3.8) is 0 Å². The largest absolute Gasteiger partial charge is 0.497 e. The van der Waals surface area contributed by atoms with Crippen molar-refractivity contribution in [1.29, 1.82) is 0 Å². The first-order chi connectivity index (χ1) is 14.2. The van der Waals surface area contributed by atoms with Crippen LogP contribution in [0.2, 0.25) is 0 Å². The van der Waals surface area contributed by atoms with E-state index in [9.17, 15) is 4.79 Å². The predicted molar refractivity (Wildman–Crippen MR) is 111 cm³/mol. The van der Waals surface area contributed by atoms with E-state index in [0.717, 1.165) is 29.7 Å². The Morgan fingerprint density at radius 1 is 1.14 bits per heavy atom. The van der Waals surface area contributed by atoms with E-state index in [0.29, 0.717) is 24.8 Å².